The Morgan fingerprint density at radius 2 is 1.92 bits per heavy atom. The van der Waals surface area contributed by atoms with Crippen molar-refractivity contribution in [2.24, 2.45) is 0 Å². The largest absolute Gasteiger partial charge is 0.478 e. The van der Waals surface area contributed by atoms with E-state index in [1.807, 2.05) is 0 Å². The number of fused-ring (bicyclic) bond motifs is 1. The fourth-order valence-electron chi connectivity index (χ4n) is 2.35. The van der Waals surface area contributed by atoms with Gasteiger partial charge in [0, 0.05) is 0 Å². The molecule has 0 aliphatic heterocycles. The van der Waals surface area contributed by atoms with Crippen molar-refractivity contribution < 1.29 is 9.90 Å². The smallest absolute Gasteiger partial charge is 0.335 e. The van der Waals surface area contributed by atoms with Crippen LogP contribution in [0.2, 0.25) is 10.0 Å². The van der Waals surface area contributed by atoms with Crippen molar-refractivity contribution in [3.05, 3.63) is 72.7 Å². The summed E-state index contributed by atoms with van der Waals surface area (Å²) in [5, 5.41) is 10.2. The number of nitrogens with zero attached hydrogens (tertiary/aromatic N) is 1. The molecule has 0 saturated carbocycles. The third-order valence-electron chi connectivity index (χ3n) is 3.55. The van der Waals surface area contributed by atoms with E-state index in [9.17, 15) is 9.59 Å². The molecule has 0 unspecified atom stereocenters. The van der Waals surface area contributed by atoms with Crippen LogP contribution in [0.3, 0.4) is 0 Å². The van der Waals surface area contributed by atoms with Crippen LogP contribution in [0.25, 0.3) is 10.9 Å². The van der Waals surface area contributed by atoms with Crippen molar-refractivity contribution in [3.63, 3.8) is 0 Å². The number of aromatic nitrogens is 2. The van der Waals surface area contributed by atoms with Gasteiger partial charge in [-0.2, -0.15) is 0 Å². The molecule has 1 heterocycles. The molecule has 0 aliphatic carbocycles. The number of carboxylic acid groups (broad SMARTS) is 1. The minimum atomic E-state index is -1.07. The van der Waals surface area contributed by atoms with Gasteiger partial charge >= 0.3 is 5.97 Å². The van der Waals surface area contributed by atoms with E-state index >= 15 is 0 Å². The summed E-state index contributed by atoms with van der Waals surface area (Å²) < 4.78 is 1.58. The lowest BCUT2D eigenvalue weighted by Crippen LogP contribution is -2.23. The molecule has 3 rings (SSSR count). The standard InChI is InChI=1S/C16H10Cl2N2O3S/c17-11-4-1-8(5-12(11)18)7-20-14(21)10-3-2-9(15(22)23)6-13(10)19-16(20)24/h1-6H,7H2,(H,19,24)(H,22,23). The highest BCUT2D eigenvalue weighted by Gasteiger charge is 2.10. The highest BCUT2D eigenvalue weighted by atomic mass is 35.5. The third kappa shape index (κ3) is 3.08. The Balaban J connectivity index is 2.13. The van der Waals surface area contributed by atoms with Gasteiger partial charge in [-0.15, -0.1) is 0 Å². The molecule has 0 atom stereocenters. The number of nitrogens with one attached hydrogen (secondary N) is 1. The number of H-pyrrole nitrogens is 1. The second-order valence-electron chi connectivity index (χ2n) is 5.14. The van der Waals surface area contributed by atoms with E-state index in [2.05, 4.69) is 4.98 Å². The van der Waals surface area contributed by atoms with Crippen molar-refractivity contribution in [3.8, 4) is 0 Å². The minimum absolute atomic E-state index is 0.0785. The van der Waals surface area contributed by atoms with Gasteiger partial charge in [0.25, 0.3) is 5.56 Å². The maximum atomic E-state index is 12.7. The van der Waals surface area contributed by atoms with E-state index in [4.69, 9.17) is 40.5 Å². The van der Waals surface area contributed by atoms with Gasteiger partial charge in [0.05, 0.1) is 33.1 Å². The second kappa shape index (κ2) is 6.39. The van der Waals surface area contributed by atoms with Crippen molar-refractivity contribution in [2.45, 2.75) is 6.54 Å². The molecule has 0 bridgehead atoms. The van der Waals surface area contributed by atoms with Gasteiger partial charge in [-0.3, -0.25) is 9.36 Å². The first kappa shape index (κ1) is 16.7. The Labute approximate surface area is 151 Å². The molecule has 0 saturated heterocycles. The number of carboxylic acids is 1. The van der Waals surface area contributed by atoms with Gasteiger partial charge in [0.2, 0.25) is 0 Å². The van der Waals surface area contributed by atoms with Crippen LogP contribution >= 0.6 is 35.4 Å². The summed E-state index contributed by atoms with van der Waals surface area (Å²) in [6.45, 7) is 0.224. The van der Waals surface area contributed by atoms with Crippen molar-refractivity contribution in [1.29, 1.82) is 0 Å². The van der Waals surface area contributed by atoms with Crippen LogP contribution in [-0.4, -0.2) is 20.6 Å². The summed E-state index contributed by atoms with van der Waals surface area (Å²) in [7, 11) is 0. The van der Waals surface area contributed by atoms with Crippen LogP contribution in [0.4, 0.5) is 0 Å². The highest BCUT2D eigenvalue weighted by Crippen LogP contribution is 2.23. The number of carbonyl (C=O) groups is 1. The predicted octanol–water partition coefficient (Wildman–Crippen LogP) is 4.11. The number of hydrogen-bond acceptors (Lipinski definition) is 3. The lowest BCUT2D eigenvalue weighted by atomic mass is 10.1. The minimum Gasteiger partial charge on any atom is -0.478 e. The van der Waals surface area contributed by atoms with Crippen molar-refractivity contribution >= 4 is 52.3 Å². The molecule has 0 spiro atoms. The Morgan fingerprint density at radius 3 is 2.58 bits per heavy atom. The van der Waals surface area contributed by atoms with Crippen LogP contribution in [0.15, 0.2) is 41.2 Å². The topological polar surface area (TPSA) is 75.1 Å². The molecule has 0 fully saturated rings. The molecule has 0 radical (unpaired) electrons. The monoisotopic (exact) mass is 380 g/mol. The van der Waals surface area contributed by atoms with Gasteiger partial charge < -0.3 is 10.1 Å². The zero-order chi connectivity index (χ0) is 17.4. The molecule has 8 heteroatoms. The van der Waals surface area contributed by atoms with E-state index in [-0.39, 0.29) is 22.4 Å². The molecule has 2 N–H and O–H groups in total. The third-order valence-corrected chi connectivity index (χ3v) is 4.62. The molecule has 0 aliphatic rings. The first-order chi connectivity index (χ1) is 11.4. The number of halogens is 2. The van der Waals surface area contributed by atoms with Gasteiger partial charge in [-0.25, -0.2) is 4.79 Å². The van der Waals surface area contributed by atoms with E-state index in [1.165, 1.54) is 22.8 Å². The molecule has 1 aromatic heterocycles. The van der Waals surface area contributed by atoms with E-state index in [0.717, 1.165) is 5.56 Å². The summed E-state index contributed by atoms with van der Waals surface area (Å²) in [5.74, 6) is -1.07. The molecule has 2 aromatic carbocycles. The number of hydrogen-bond donors (Lipinski definition) is 2. The molecule has 0 amide bonds. The van der Waals surface area contributed by atoms with Crippen LogP contribution < -0.4 is 5.56 Å². The Morgan fingerprint density at radius 1 is 1.17 bits per heavy atom. The first-order valence-electron chi connectivity index (χ1n) is 6.81. The highest BCUT2D eigenvalue weighted by molar-refractivity contribution is 7.71. The van der Waals surface area contributed by atoms with Gasteiger partial charge in [-0.05, 0) is 48.1 Å². The lowest BCUT2D eigenvalue weighted by Gasteiger charge is -2.09. The first-order valence-corrected chi connectivity index (χ1v) is 7.97. The molecule has 24 heavy (non-hydrogen) atoms. The quantitative estimate of drug-likeness (QED) is 0.670. The Bertz CT molecular complexity index is 1090. The van der Waals surface area contributed by atoms with Crippen molar-refractivity contribution in [1.82, 2.24) is 9.55 Å². The lowest BCUT2D eigenvalue weighted by molar-refractivity contribution is 0.0697. The van der Waals surface area contributed by atoms with Gasteiger partial charge in [-0.1, -0.05) is 29.3 Å². The van der Waals surface area contributed by atoms with Crippen LogP contribution in [0, 0.1) is 4.77 Å². The number of benzene rings is 2. The second-order valence-corrected chi connectivity index (χ2v) is 6.34. The summed E-state index contributed by atoms with van der Waals surface area (Å²) >= 11 is 17.1. The van der Waals surface area contributed by atoms with E-state index < -0.39 is 5.97 Å². The van der Waals surface area contributed by atoms with Crippen LogP contribution in [0.1, 0.15) is 15.9 Å². The number of aromatic amines is 1. The average molecular weight is 381 g/mol. The predicted molar refractivity (Wildman–Crippen MR) is 95.9 cm³/mol. The van der Waals surface area contributed by atoms with E-state index in [0.29, 0.717) is 20.9 Å². The number of aromatic carboxylic acids is 1. The molecule has 122 valence electrons. The summed E-state index contributed by atoms with van der Waals surface area (Å²) in [5.41, 5.74) is 0.925. The molecule has 3 aromatic rings. The fraction of sp³-hybridized carbons (Fsp3) is 0.0625. The zero-order valence-corrected chi connectivity index (χ0v) is 14.4. The SMILES string of the molecule is O=C(O)c1ccc2c(=O)n(Cc3ccc(Cl)c(Cl)c3)c(=S)[nH]c2c1. The summed E-state index contributed by atoms with van der Waals surface area (Å²) in [4.78, 5) is 26.6. The Hall–Kier alpha value is -2.15. The van der Waals surface area contributed by atoms with Gasteiger partial charge in [0.1, 0.15) is 0 Å². The van der Waals surface area contributed by atoms with E-state index in [1.54, 1.807) is 18.2 Å². The Kier molecular flexibility index (Phi) is 4.45. The zero-order valence-electron chi connectivity index (χ0n) is 12.0. The maximum absolute atomic E-state index is 12.7. The summed E-state index contributed by atoms with van der Waals surface area (Å²) in [6, 6.07) is 9.32. The van der Waals surface area contributed by atoms with Crippen LogP contribution in [0.5, 0.6) is 0 Å². The maximum Gasteiger partial charge on any atom is 0.335 e. The molecule has 5 nitrogen and oxygen atoms in total. The number of rotatable bonds is 3. The average Bonchev–Trinajstić information content (AvgIpc) is 2.54. The van der Waals surface area contributed by atoms with Crippen LogP contribution in [-0.2, 0) is 6.54 Å². The normalized spacial score (nSPS) is 10.9. The van der Waals surface area contributed by atoms with Gasteiger partial charge in [0.15, 0.2) is 4.77 Å². The van der Waals surface area contributed by atoms with Crippen molar-refractivity contribution in [2.75, 3.05) is 0 Å². The molecular formula is C16H10Cl2N2O3S. The summed E-state index contributed by atoms with van der Waals surface area (Å²) in [6.07, 6.45) is 0. The molecular weight excluding hydrogens is 371 g/mol. The fourth-order valence-corrected chi connectivity index (χ4v) is 2.93.